The van der Waals surface area contributed by atoms with Crippen molar-refractivity contribution in [3.63, 3.8) is 0 Å². The molecule has 0 saturated carbocycles. The number of aliphatic carboxylic acids is 1. The minimum absolute atomic E-state index is 0.0702. The molecule has 0 aromatic rings. The zero-order chi connectivity index (χ0) is 9.72. The molecule has 3 N–H and O–H groups in total. The summed E-state index contributed by atoms with van der Waals surface area (Å²) in [7, 11) is 0. The van der Waals surface area contributed by atoms with Crippen molar-refractivity contribution in [3.8, 4) is 0 Å². The third kappa shape index (κ3) is 4.36. The molecule has 0 aromatic heterocycles. The minimum Gasteiger partial charge on any atom is -0.481 e. The van der Waals surface area contributed by atoms with Gasteiger partial charge in [-0.25, -0.2) is 0 Å². The summed E-state index contributed by atoms with van der Waals surface area (Å²) in [6.45, 7) is 3.86. The predicted molar refractivity (Wildman–Crippen MR) is 49.0 cm³/mol. The van der Waals surface area contributed by atoms with Crippen LogP contribution in [0, 0.1) is 5.92 Å². The molecular formula is C8H14ClNO2. The van der Waals surface area contributed by atoms with E-state index in [2.05, 4.69) is 0 Å². The number of hydrogen-bond donors (Lipinski definition) is 2. The first kappa shape index (κ1) is 11.5. The van der Waals surface area contributed by atoms with E-state index in [0.717, 1.165) is 0 Å². The number of halogens is 1. The maximum atomic E-state index is 10.2. The Kier molecular flexibility index (Phi) is 4.93. The quantitative estimate of drug-likeness (QED) is 0.709. The maximum absolute atomic E-state index is 10.2. The van der Waals surface area contributed by atoms with Gasteiger partial charge in [-0.15, -0.1) is 0 Å². The first-order valence-electron chi connectivity index (χ1n) is 3.78. The van der Waals surface area contributed by atoms with Crippen LogP contribution in [0.5, 0.6) is 0 Å². The summed E-state index contributed by atoms with van der Waals surface area (Å²) in [5, 5.41) is 8.76. The Balaban J connectivity index is 4.08. The number of carboxylic acid groups (broad SMARTS) is 1. The van der Waals surface area contributed by atoms with Crippen molar-refractivity contribution in [1.82, 2.24) is 0 Å². The molecule has 0 radical (unpaired) electrons. The molecule has 70 valence electrons. The zero-order valence-corrected chi connectivity index (χ0v) is 8.01. The second kappa shape index (κ2) is 5.17. The summed E-state index contributed by atoms with van der Waals surface area (Å²) >= 11 is 5.74. The topological polar surface area (TPSA) is 63.3 Å². The fraction of sp³-hybridized carbons (Fsp3) is 0.625. The molecule has 0 spiro atoms. The lowest BCUT2D eigenvalue weighted by Crippen LogP contribution is -2.26. The molecule has 0 aliphatic carbocycles. The summed E-state index contributed by atoms with van der Waals surface area (Å²) in [5.74, 6) is -0.674. The third-order valence-electron chi connectivity index (χ3n) is 1.51. The second-order valence-corrected chi connectivity index (χ2v) is 3.39. The summed E-state index contributed by atoms with van der Waals surface area (Å²) in [6.07, 6.45) is 1.37. The smallest absolute Gasteiger partial charge is 0.307 e. The molecule has 0 aromatic carbocycles. The van der Waals surface area contributed by atoms with Gasteiger partial charge >= 0.3 is 5.97 Å². The maximum Gasteiger partial charge on any atom is 0.307 e. The van der Waals surface area contributed by atoms with Crippen LogP contribution in [0.25, 0.3) is 0 Å². The van der Waals surface area contributed by atoms with Gasteiger partial charge in [-0.05, 0) is 5.92 Å². The van der Waals surface area contributed by atoms with E-state index in [1.165, 1.54) is 6.08 Å². The summed E-state index contributed by atoms with van der Waals surface area (Å²) < 4.78 is 0. The van der Waals surface area contributed by atoms with Crippen molar-refractivity contribution < 1.29 is 9.90 Å². The summed E-state index contributed by atoms with van der Waals surface area (Å²) in [5.41, 5.74) is 5.65. The molecule has 12 heavy (non-hydrogen) atoms. The Morgan fingerprint density at radius 3 is 2.50 bits per heavy atom. The van der Waals surface area contributed by atoms with Gasteiger partial charge in [-0.1, -0.05) is 31.5 Å². The second-order valence-electron chi connectivity index (χ2n) is 2.96. The van der Waals surface area contributed by atoms with Gasteiger partial charge in [0, 0.05) is 11.1 Å². The molecule has 3 nitrogen and oxygen atoms in total. The molecular weight excluding hydrogens is 178 g/mol. The molecule has 1 atom stereocenters. The first-order chi connectivity index (χ1) is 5.45. The summed E-state index contributed by atoms with van der Waals surface area (Å²) in [6, 6.07) is -0.258. The van der Waals surface area contributed by atoms with E-state index in [9.17, 15) is 4.79 Å². The van der Waals surface area contributed by atoms with E-state index in [1.54, 1.807) is 0 Å². The molecule has 0 heterocycles. The fourth-order valence-electron chi connectivity index (χ4n) is 0.639. The van der Waals surface area contributed by atoms with Crippen molar-refractivity contribution in [2.45, 2.75) is 26.3 Å². The van der Waals surface area contributed by atoms with E-state index < -0.39 is 5.97 Å². The van der Waals surface area contributed by atoms with Gasteiger partial charge in [-0.3, -0.25) is 4.79 Å². The molecule has 1 unspecified atom stereocenters. The van der Waals surface area contributed by atoms with Crippen LogP contribution in [0.3, 0.4) is 0 Å². The Bertz CT molecular complexity index is 189. The van der Waals surface area contributed by atoms with Crippen LogP contribution >= 0.6 is 11.6 Å². The molecule has 0 saturated heterocycles. The van der Waals surface area contributed by atoms with Gasteiger partial charge in [0.15, 0.2) is 0 Å². The molecule has 0 amide bonds. The lowest BCUT2D eigenvalue weighted by molar-refractivity contribution is -0.136. The van der Waals surface area contributed by atoms with E-state index in [0.29, 0.717) is 5.03 Å². The van der Waals surface area contributed by atoms with Gasteiger partial charge in [-0.2, -0.15) is 0 Å². The molecule has 0 fully saturated rings. The highest BCUT2D eigenvalue weighted by Gasteiger charge is 2.11. The number of carbonyl (C=O) groups is 1. The van der Waals surface area contributed by atoms with Crippen molar-refractivity contribution >= 4 is 17.6 Å². The van der Waals surface area contributed by atoms with Crippen molar-refractivity contribution in [3.05, 3.63) is 11.1 Å². The van der Waals surface area contributed by atoms with Crippen molar-refractivity contribution in [2.24, 2.45) is 11.7 Å². The zero-order valence-electron chi connectivity index (χ0n) is 7.25. The predicted octanol–water partition coefficient (Wildman–Crippen LogP) is 1.57. The number of carboxylic acids is 1. The minimum atomic E-state index is -0.899. The van der Waals surface area contributed by atoms with Crippen LogP contribution < -0.4 is 5.73 Å². The lowest BCUT2D eigenvalue weighted by Gasteiger charge is -2.13. The lowest BCUT2D eigenvalue weighted by atomic mass is 10.0. The molecule has 0 aliphatic rings. The first-order valence-corrected chi connectivity index (χ1v) is 4.16. The molecule has 0 bridgehead atoms. The van der Waals surface area contributed by atoms with Gasteiger partial charge in [0.2, 0.25) is 0 Å². The van der Waals surface area contributed by atoms with Crippen LogP contribution in [0.1, 0.15) is 20.3 Å². The van der Waals surface area contributed by atoms with Crippen LogP contribution in [-0.2, 0) is 4.79 Å². The number of rotatable bonds is 4. The van der Waals surface area contributed by atoms with Crippen LogP contribution in [0.4, 0.5) is 0 Å². The highest BCUT2D eigenvalue weighted by Crippen LogP contribution is 2.14. The fourth-order valence-corrected chi connectivity index (χ4v) is 0.968. The molecule has 0 rings (SSSR count). The van der Waals surface area contributed by atoms with Gasteiger partial charge in [0.1, 0.15) is 0 Å². The SMILES string of the molecule is CC(C)C(N)/C(Cl)=C/CC(=O)O. The Hall–Kier alpha value is -0.540. The monoisotopic (exact) mass is 191 g/mol. The molecule has 4 heteroatoms. The van der Waals surface area contributed by atoms with Gasteiger partial charge in [0.05, 0.1) is 6.42 Å². The number of nitrogens with two attached hydrogens (primary N) is 1. The van der Waals surface area contributed by atoms with Gasteiger partial charge in [0.25, 0.3) is 0 Å². The molecule has 0 aliphatic heterocycles. The summed E-state index contributed by atoms with van der Waals surface area (Å²) in [4.78, 5) is 10.2. The van der Waals surface area contributed by atoms with Crippen molar-refractivity contribution in [2.75, 3.05) is 0 Å². The van der Waals surface area contributed by atoms with E-state index in [1.807, 2.05) is 13.8 Å². The third-order valence-corrected chi connectivity index (χ3v) is 1.91. The average molecular weight is 192 g/mol. The van der Waals surface area contributed by atoms with Crippen molar-refractivity contribution in [1.29, 1.82) is 0 Å². The highest BCUT2D eigenvalue weighted by molar-refractivity contribution is 6.30. The van der Waals surface area contributed by atoms with Crippen LogP contribution in [0.15, 0.2) is 11.1 Å². The largest absolute Gasteiger partial charge is 0.481 e. The normalized spacial score (nSPS) is 14.9. The van der Waals surface area contributed by atoms with E-state index >= 15 is 0 Å². The highest BCUT2D eigenvalue weighted by atomic mass is 35.5. The van der Waals surface area contributed by atoms with E-state index in [-0.39, 0.29) is 18.4 Å². The van der Waals surface area contributed by atoms with Gasteiger partial charge < -0.3 is 10.8 Å². The Labute approximate surface area is 77.2 Å². The standard InChI is InChI=1S/C8H14ClNO2/c1-5(2)8(10)6(9)3-4-7(11)12/h3,5,8H,4,10H2,1-2H3,(H,11,12)/b6-3-. The van der Waals surface area contributed by atoms with Crippen LogP contribution in [0.2, 0.25) is 0 Å². The average Bonchev–Trinajstić information content (AvgIpc) is 1.98. The number of hydrogen-bond acceptors (Lipinski definition) is 2. The Morgan fingerprint density at radius 1 is 1.67 bits per heavy atom. The van der Waals surface area contributed by atoms with E-state index in [4.69, 9.17) is 22.4 Å². The Morgan fingerprint density at radius 2 is 2.17 bits per heavy atom. The van der Waals surface area contributed by atoms with Crippen LogP contribution in [-0.4, -0.2) is 17.1 Å².